The van der Waals surface area contributed by atoms with E-state index in [0.717, 1.165) is 6.07 Å². The van der Waals surface area contributed by atoms with Crippen molar-refractivity contribution in [3.8, 4) is 5.75 Å². The number of hydrogen-bond acceptors (Lipinski definition) is 8. The van der Waals surface area contributed by atoms with Crippen molar-refractivity contribution in [3.63, 3.8) is 0 Å². The molecule has 0 unspecified atom stereocenters. The summed E-state index contributed by atoms with van der Waals surface area (Å²) in [7, 11) is 0. The highest BCUT2D eigenvalue weighted by atomic mass is 16.6. The molecular weight excluding hydrogens is 524 g/mol. The van der Waals surface area contributed by atoms with Gasteiger partial charge in [-0.25, -0.2) is 4.79 Å². The molecule has 216 valence electrons. The lowest BCUT2D eigenvalue weighted by atomic mass is 10.1. The summed E-state index contributed by atoms with van der Waals surface area (Å²) in [6.07, 6.45) is 0.871. The summed E-state index contributed by atoms with van der Waals surface area (Å²) in [5, 5.41) is 21.1. The molecule has 0 bridgehead atoms. The van der Waals surface area contributed by atoms with Crippen LogP contribution in [0.2, 0.25) is 0 Å². The first-order chi connectivity index (χ1) is 18.9. The van der Waals surface area contributed by atoms with Crippen molar-refractivity contribution >= 4 is 35.4 Å². The number of likely N-dealkylation sites (tertiary alicyclic amines) is 2. The van der Waals surface area contributed by atoms with E-state index in [0.29, 0.717) is 25.8 Å². The fraction of sp³-hybridized carbons (Fsp3) is 0.560. The number of ether oxygens (including phenoxy) is 1. The van der Waals surface area contributed by atoms with Gasteiger partial charge in [-0.15, -0.1) is 0 Å². The summed E-state index contributed by atoms with van der Waals surface area (Å²) in [6, 6.07) is 2.33. The molecule has 0 saturated carbocycles. The van der Waals surface area contributed by atoms with Crippen LogP contribution in [0.3, 0.4) is 0 Å². The van der Waals surface area contributed by atoms with E-state index in [1.165, 1.54) is 21.9 Å². The third-order valence-corrected chi connectivity index (χ3v) is 6.25. The van der Waals surface area contributed by atoms with Crippen molar-refractivity contribution in [1.29, 1.82) is 0 Å². The second-order valence-electron chi connectivity index (χ2n) is 10.4. The van der Waals surface area contributed by atoms with Gasteiger partial charge in [-0.05, 0) is 57.7 Å². The Labute approximate surface area is 230 Å². The van der Waals surface area contributed by atoms with Crippen LogP contribution < -0.4 is 16.0 Å². The van der Waals surface area contributed by atoms with Crippen LogP contribution in [0, 0.1) is 0 Å². The monoisotopic (exact) mass is 558 g/mol. The second-order valence-corrected chi connectivity index (χ2v) is 10.4. The van der Waals surface area contributed by atoms with Crippen molar-refractivity contribution in [2.24, 2.45) is 5.11 Å². The van der Waals surface area contributed by atoms with Gasteiger partial charge < -0.3 is 30.7 Å². The van der Waals surface area contributed by atoms with Crippen LogP contribution in [0.1, 0.15) is 50.4 Å². The number of nitrogens with one attached hydrogen (secondary N) is 3. The first kappa shape index (κ1) is 30.0. The quantitative estimate of drug-likeness (QED) is 0.151. The predicted molar refractivity (Wildman–Crippen MR) is 141 cm³/mol. The Bertz CT molecular complexity index is 1210. The Morgan fingerprint density at radius 3 is 2.55 bits per heavy atom. The van der Waals surface area contributed by atoms with Crippen molar-refractivity contribution in [1.82, 2.24) is 25.8 Å². The molecule has 2 fully saturated rings. The van der Waals surface area contributed by atoms with Crippen molar-refractivity contribution in [2.45, 2.75) is 57.7 Å². The molecule has 4 N–H and O–H groups in total. The fourth-order valence-corrected chi connectivity index (χ4v) is 4.40. The van der Waals surface area contributed by atoms with Gasteiger partial charge >= 0.3 is 6.09 Å². The standard InChI is InChI=1S/C25H34N8O7/c1-25(2,3)40-24(39)33-11-4-5-18(33)22(37)29-17-8-12-32(23(17)38)14-20(35)27-9-10-28-21(36)16-7-6-15(30-31-26)13-19(16)34/h6-7,13,17-18,34H,4-5,8-12,14H2,1-3H3,(H,27,35)(H,28,36)(H,29,37)/t17-,18+/m1/s1. The molecule has 1 aromatic carbocycles. The zero-order valence-corrected chi connectivity index (χ0v) is 22.7. The van der Waals surface area contributed by atoms with Gasteiger partial charge in [0.25, 0.3) is 5.91 Å². The minimum absolute atomic E-state index is 0.0224. The van der Waals surface area contributed by atoms with Gasteiger partial charge in [0.05, 0.1) is 12.1 Å². The molecule has 1 aromatic rings. The molecule has 2 atom stereocenters. The van der Waals surface area contributed by atoms with E-state index in [4.69, 9.17) is 10.3 Å². The Balaban J connectivity index is 1.40. The molecule has 15 heteroatoms. The second kappa shape index (κ2) is 13.0. The third-order valence-electron chi connectivity index (χ3n) is 6.25. The average Bonchev–Trinajstić information content (AvgIpc) is 3.49. The number of carbonyl (C=O) groups is 5. The van der Waals surface area contributed by atoms with E-state index < -0.39 is 47.4 Å². The van der Waals surface area contributed by atoms with E-state index in [9.17, 15) is 29.1 Å². The van der Waals surface area contributed by atoms with Crippen LogP contribution in [0.15, 0.2) is 23.3 Å². The maximum absolute atomic E-state index is 12.9. The predicted octanol–water partition coefficient (Wildman–Crippen LogP) is 1.30. The van der Waals surface area contributed by atoms with Crippen molar-refractivity contribution < 1.29 is 33.8 Å². The number of azide groups is 1. The first-order valence-corrected chi connectivity index (χ1v) is 12.9. The Hall–Kier alpha value is -4.52. The van der Waals surface area contributed by atoms with Gasteiger partial charge in [0, 0.05) is 36.8 Å². The number of aromatic hydroxyl groups is 1. The zero-order chi connectivity index (χ0) is 29.4. The van der Waals surface area contributed by atoms with Gasteiger partial charge in [0.2, 0.25) is 17.7 Å². The molecule has 0 radical (unpaired) electrons. The van der Waals surface area contributed by atoms with E-state index in [-0.39, 0.29) is 43.2 Å². The highest BCUT2D eigenvalue weighted by Gasteiger charge is 2.40. The normalized spacial score (nSPS) is 18.6. The number of nitrogens with zero attached hydrogens (tertiary/aromatic N) is 5. The third kappa shape index (κ3) is 7.99. The molecule has 5 amide bonds. The molecule has 40 heavy (non-hydrogen) atoms. The zero-order valence-electron chi connectivity index (χ0n) is 22.7. The molecule has 0 aromatic heterocycles. The average molecular weight is 559 g/mol. The molecule has 15 nitrogen and oxygen atoms in total. The van der Waals surface area contributed by atoms with Gasteiger partial charge in [-0.3, -0.25) is 24.1 Å². The van der Waals surface area contributed by atoms with Crippen LogP contribution >= 0.6 is 0 Å². The highest BCUT2D eigenvalue weighted by Crippen LogP contribution is 2.24. The number of rotatable bonds is 9. The van der Waals surface area contributed by atoms with E-state index in [1.807, 2.05) is 0 Å². The maximum atomic E-state index is 12.9. The van der Waals surface area contributed by atoms with Crippen molar-refractivity contribution in [2.75, 3.05) is 32.7 Å². The van der Waals surface area contributed by atoms with Crippen LogP contribution in [0.4, 0.5) is 10.5 Å². The summed E-state index contributed by atoms with van der Waals surface area (Å²) in [5.74, 6) is -2.20. The molecule has 0 spiro atoms. The Morgan fingerprint density at radius 2 is 1.88 bits per heavy atom. The van der Waals surface area contributed by atoms with E-state index in [2.05, 4.69) is 26.0 Å². The molecular formula is C25H34N8O7. The van der Waals surface area contributed by atoms with Gasteiger partial charge in [0.15, 0.2) is 0 Å². The number of phenolic OH excluding ortho intramolecular Hbond substituents is 1. The summed E-state index contributed by atoms with van der Waals surface area (Å²) in [6.45, 7) is 5.83. The Kier molecular flexibility index (Phi) is 9.78. The summed E-state index contributed by atoms with van der Waals surface area (Å²) in [4.78, 5) is 68.0. The first-order valence-electron chi connectivity index (χ1n) is 12.9. The summed E-state index contributed by atoms with van der Waals surface area (Å²) >= 11 is 0. The number of benzene rings is 1. The minimum Gasteiger partial charge on any atom is -0.507 e. The van der Waals surface area contributed by atoms with Crippen LogP contribution in [-0.2, 0) is 19.1 Å². The molecule has 2 aliphatic rings. The smallest absolute Gasteiger partial charge is 0.410 e. The van der Waals surface area contributed by atoms with Gasteiger partial charge in [0.1, 0.15) is 23.4 Å². The van der Waals surface area contributed by atoms with Crippen LogP contribution in [-0.4, -0.2) is 95.0 Å². The topological polar surface area (TPSA) is 206 Å². The molecule has 2 saturated heterocycles. The van der Waals surface area contributed by atoms with Gasteiger partial charge in [-0.1, -0.05) is 11.2 Å². The molecule has 3 rings (SSSR count). The maximum Gasteiger partial charge on any atom is 0.410 e. The molecule has 0 aliphatic carbocycles. The lowest BCUT2D eigenvalue weighted by Crippen LogP contribution is -2.52. The van der Waals surface area contributed by atoms with Crippen molar-refractivity contribution in [3.05, 3.63) is 34.2 Å². The summed E-state index contributed by atoms with van der Waals surface area (Å²) < 4.78 is 5.39. The summed E-state index contributed by atoms with van der Waals surface area (Å²) in [5.41, 5.74) is 7.87. The van der Waals surface area contributed by atoms with Gasteiger partial charge in [-0.2, -0.15) is 0 Å². The van der Waals surface area contributed by atoms with E-state index in [1.54, 1.807) is 20.8 Å². The lowest BCUT2D eigenvalue weighted by molar-refractivity contribution is -0.136. The fourth-order valence-electron chi connectivity index (χ4n) is 4.40. The highest BCUT2D eigenvalue weighted by molar-refractivity contribution is 5.97. The number of hydrogen-bond donors (Lipinski definition) is 4. The number of amides is 5. The van der Waals surface area contributed by atoms with E-state index >= 15 is 0 Å². The van der Waals surface area contributed by atoms with Crippen LogP contribution in [0.25, 0.3) is 10.4 Å². The Morgan fingerprint density at radius 1 is 1.15 bits per heavy atom. The minimum atomic E-state index is -0.793. The SMILES string of the molecule is CC(C)(C)OC(=O)N1CCC[C@H]1C(=O)N[C@@H]1CCN(CC(=O)NCCNC(=O)c2ccc(N=[N+]=[N-])cc2O)C1=O. The lowest BCUT2D eigenvalue weighted by Gasteiger charge is -2.28. The number of phenols is 1. The molecule has 2 heterocycles. The number of carbonyl (C=O) groups excluding carboxylic acids is 5. The largest absolute Gasteiger partial charge is 0.507 e. The van der Waals surface area contributed by atoms with Crippen LogP contribution in [0.5, 0.6) is 5.75 Å². The molecule has 2 aliphatic heterocycles.